The number of nitrogens with one attached hydrogen (secondary N) is 2. The Morgan fingerprint density at radius 3 is 2.90 bits per heavy atom. The lowest BCUT2D eigenvalue weighted by Crippen LogP contribution is -2.48. The van der Waals surface area contributed by atoms with Gasteiger partial charge >= 0.3 is 0 Å². The number of benzene rings is 1. The summed E-state index contributed by atoms with van der Waals surface area (Å²) >= 11 is 0. The van der Waals surface area contributed by atoms with Gasteiger partial charge in [-0.25, -0.2) is 0 Å². The van der Waals surface area contributed by atoms with Gasteiger partial charge < -0.3 is 10.6 Å². The number of hydrogen-bond acceptors (Lipinski definition) is 2. The fourth-order valence-electron chi connectivity index (χ4n) is 3.19. The number of rotatable bonds is 2. The molecule has 0 bridgehead atoms. The van der Waals surface area contributed by atoms with Crippen molar-refractivity contribution in [2.45, 2.75) is 38.6 Å². The van der Waals surface area contributed by atoms with Gasteiger partial charge in [0.25, 0.3) is 5.91 Å². The average Bonchev–Trinajstić information content (AvgIpc) is 2.88. The molecule has 2 N–H and O–H groups in total. The molecule has 1 aromatic rings. The summed E-state index contributed by atoms with van der Waals surface area (Å²) in [6, 6.07) is 6.50. The smallest absolute Gasteiger partial charge is 0.251 e. The molecule has 0 saturated carbocycles. The summed E-state index contributed by atoms with van der Waals surface area (Å²) in [5, 5.41) is 6.56. The van der Waals surface area contributed by atoms with Crippen molar-refractivity contribution in [1.29, 1.82) is 0 Å². The number of aryl methyl sites for hydroxylation is 2. The van der Waals surface area contributed by atoms with E-state index in [1.165, 1.54) is 24.0 Å². The van der Waals surface area contributed by atoms with Gasteiger partial charge in [0.2, 0.25) is 0 Å². The SMILES string of the molecule is CC1CNCCC1NC(=O)c1ccc2c(c1)CCC2.Cl. The van der Waals surface area contributed by atoms with Gasteiger partial charge in [-0.3, -0.25) is 4.79 Å². The quantitative estimate of drug-likeness (QED) is 0.879. The molecule has 3 rings (SSSR count). The minimum absolute atomic E-state index is 0. The lowest BCUT2D eigenvalue weighted by atomic mass is 9.95. The van der Waals surface area contributed by atoms with Gasteiger partial charge in [-0.1, -0.05) is 13.0 Å². The largest absolute Gasteiger partial charge is 0.349 e. The Bertz CT molecular complexity index is 489. The maximum absolute atomic E-state index is 12.3. The summed E-state index contributed by atoms with van der Waals surface area (Å²) in [6.07, 6.45) is 4.55. The number of fused-ring (bicyclic) bond motifs is 1. The van der Waals surface area contributed by atoms with E-state index < -0.39 is 0 Å². The number of amides is 1. The molecular formula is C16H23ClN2O. The second-order valence-corrected chi connectivity index (χ2v) is 5.89. The monoisotopic (exact) mass is 294 g/mol. The van der Waals surface area contributed by atoms with E-state index in [-0.39, 0.29) is 18.3 Å². The van der Waals surface area contributed by atoms with Gasteiger partial charge in [-0.15, -0.1) is 12.4 Å². The highest BCUT2D eigenvalue weighted by Gasteiger charge is 2.23. The van der Waals surface area contributed by atoms with E-state index in [1.54, 1.807) is 0 Å². The Morgan fingerprint density at radius 2 is 2.10 bits per heavy atom. The molecule has 1 amide bonds. The first-order chi connectivity index (χ1) is 9.24. The highest BCUT2D eigenvalue weighted by atomic mass is 35.5. The fraction of sp³-hybridized carbons (Fsp3) is 0.562. The summed E-state index contributed by atoms with van der Waals surface area (Å²) < 4.78 is 0. The van der Waals surface area contributed by atoms with Crippen molar-refractivity contribution in [3.05, 3.63) is 34.9 Å². The van der Waals surface area contributed by atoms with E-state index in [0.717, 1.165) is 31.5 Å². The Hall–Kier alpha value is -1.06. The van der Waals surface area contributed by atoms with Crippen LogP contribution in [-0.2, 0) is 12.8 Å². The van der Waals surface area contributed by atoms with Gasteiger partial charge in [0.15, 0.2) is 0 Å². The van der Waals surface area contributed by atoms with Crippen LogP contribution in [-0.4, -0.2) is 25.0 Å². The lowest BCUT2D eigenvalue weighted by Gasteiger charge is -2.30. The summed E-state index contributed by atoms with van der Waals surface area (Å²) in [6.45, 7) is 4.19. The molecule has 2 aliphatic rings. The first-order valence-corrected chi connectivity index (χ1v) is 7.37. The number of hydrogen-bond donors (Lipinski definition) is 2. The number of piperidine rings is 1. The molecule has 1 heterocycles. The molecule has 0 aromatic heterocycles. The Labute approximate surface area is 126 Å². The fourth-order valence-corrected chi connectivity index (χ4v) is 3.19. The molecule has 2 unspecified atom stereocenters. The minimum atomic E-state index is 0. The predicted octanol–water partition coefficient (Wildman–Crippen LogP) is 2.32. The zero-order valence-corrected chi connectivity index (χ0v) is 12.8. The van der Waals surface area contributed by atoms with Crippen molar-refractivity contribution in [3.63, 3.8) is 0 Å². The molecule has 1 fully saturated rings. The van der Waals surface area contributed by atoms with E-state index in [2.05, 4.69) is 29.7 Å². The molecule has 0 radical (unpaired) electrons. The van der Waals surface area contributed by atoms with Crippen LogP contribution in [0, 0.1) is 5.92 Å². The standard InChI is InChI=1S/C16H22N2O.ClH/c1-11-10-17-8-7-15(11)18-16(19)14-6-5-12-3-2-4-13(12)9-14;/h5-6,9,11,15,17H,2-4,7-8,10H2,1H3,(H,18,19);1H. The molecule has 20 heavy (non-hydrogen) atoms. The third kappa shape index (κ3) is 3.15. The Balaban J connectivity index is 0.00000147. The van der Waals surface area contributed by atoms with Crippen LogP contribution in [0.25, 0.3) is 0 Å². The molecule has 0 spiro atoms. The number of carbonyl (C=O) groups excluding carboxylic acids is 1. The number of carbonyl (C=O) groups is 1. The van der Waals surface area contributed by atoms with E-state index in [0.29, 0.717) is 12.0 Å². The normalized spacial score (nSPS) is 24.6. The van der Waals surface area contributed by atoms with Gasteiger partial charge in [0.1, 0.15) is 0 Å². The van der Waals surface area contributed by atoms with E-state index >= 15 is 0 Å². The van der Waals surface area contributed by atoms with Crippen LogP contribution in [0.4, 0.5) is 0 Å². The number of halogens is 1. The van der Waals surface area contributed by atoms with Crippen molar-refractivity contribution in [1.82, 2.24) is 10.6 Å². The molecular weight excluding hydrogens is 272 g/mol. The van der Waals surface area contributed by atoms with E-state index in [9.17, 15) is 4.79 Å². The molecule has 4 heteroatoms. The van der Waals surface area contributed by atoms with Crippen LogP contribution in [0.2, 0.25) is 0 Å². The second-order valence-electron chi connectivity index (χ2n) is 5.89. The van der Waals surface area contributed by atoms with Crippen LogP contribution < -0.4 is 10.6 Å². The third-order valence-corrected chi connectivity index (χ3v) is 4.46. The average molecular weight is 295 g/mol. The summed E-state index contributed by atoms with van der Waals surface area (Å²) in [5.74, 6) is 0.598. The zero-order chi connectivity index (χ0) is 13.2. The topological polar surface area (TPSA) is 41.1 Å². The van der Waals surface area contributed by atoms with Crippen LogP contribution in [0.1, 0.15) is 41.3 Å². The van der Waals surface area contributed by atoms with Crippen LogP contribution >= 0.6 is 12.4 Å². The van der Waals surface area contributed by atoms with Crippen LogP contribution in [0.3, 0.4) is 0 Å². The van der Waals surface area contributed by atoms with Gasteiger partial charge in [-0.05, 0) is 68.0 Å². The van der Waals surface area contributed by atoms with Crippen molar-refractivity contribution >= 4 is 18.3 Å². The van der Waals surface area contributed by atoms with Gasteiger partial charge in [0, 0.05) is 11.6 Å². The molecule has 3 nitrogen and oxygen atoms in total. The Morgan fingerprint density at radius 1 is 1.30 bits per heavy atom. The molecule has 1 aliphatic heterocycles. The zero-order valence-electron chi connectivity index (χ0n) is 11.9. The molecule has 1 aliphatic carbocycles. The van der Waals surface area contributed by atoms with Gasteiger partial charge in [-0.2, -0.15) is 0 Å². The maximum atomic E-state index is 12.3. The highest BCUT2D eigenvalue weighted by molar-refractivity contribution is 5.94. The lowest BCUT2D eigenvalue weighted by molar-refractivity contribution is 0.0914. The molecule has 1 aromatic carbocycles. The molecule has 1 saturated heterocycles. The summed E-state index contributed by atoms with van der Waals surface area (Å²) in [7, 11) is 0. The Kier molecular flexibility index (Phi) is 5.06. The summed E-state index contributed by atoms with van der Waals surface area (Å²) in [4.78, 5) is 12.3. The van der Waals surface area contributed by atoms with Crippen LogP contribution in [0.15, 0.2) is 18.2 Å². The molecule has 2 atom stereocenters. The van der Waals surface area contributed by atoms with E-state index in [4.69, 9.17) is 0 Å². The minimum Gasteiger partial charge on any atom is -0.349 e. The van der Waals surface area contributed by atoms with Crippen molar-refractivity contribution < 1.29 is 4.79 Å². The maximum Gasteiger partial charge on any atom is 0.251 e. The first-order valence-electron chi connectivity index (χ1n) is 7.37. The molecule has 110 valence electrons. The summed E-state index contributed by atoms with van der Waals surface area (Å²) in [5.41, 5.74) is 3.61. The third-order valence-electron chi connectivity index (χ3n) is 4.46. The first kappa shape index (κ1) is 15.3. The van der Waals surface area contributed by atoms with Crippen molar-refractivity contribution in [2.75, 3.05) is 13.1 Å². The van der Waals surface area contributed by atoms with Crippen molar-refractivity contribution in [3.8, 4) is 0 Å². The second kappa shape index (κ2) is 6.59. The highest BCUT2D eigenvalue weighted by Crippen LogP contribution is 2.23. The van der Waals surface area contributed by atoms with E-state index in [1.807, 2.05) is 6.07 Å². The predicted molar refractivity (Wildman–Crippen MR) is 83.6 cm³/mol. The van der Waals surface area contributed by atoms with Crippen molar-refractivity contribution in [2.24, 2.45) is 5.92 Å². The van der Waals surface area contributed by atoms with Crippen LogP contribution in [0.5, 0.6) is 0 Å². The van der Waals surface area contributed by atoms with Gasteiger partial charge in [0.05, 0.1) is 0 Å².